The smallest absolute Gasteiger partial charge is 0.234 e. The van der Waals surface area contributed by atoms with Crippen LogP contribution >= 0.6 is 0 Å². The first-order valence-corrected chi connectivity index (χ1v) is 11.7. The highest BCUT2D eigenvalue weighted by Gasteiger charge is 2.10. The first-order valence-electron chi connectivity index (χ1n) is 11.7. The maximum absolute atomic E-state index is 13.3. The van der Waals surface area contributed by atoms with Crippen molar-refractivity contribution in [3.8, 4) is 0 Å². The number of H-pyrrole nitrogens is 3. The molecule has 13 heteroatoms. The number of carbonyl (C=O) groups excluding carboxylic acids is 1. The number of nitrogens with two attached hydrogens (primary N) is 2. The number of hydrogen-bond acceptors (Lipinski definition) is 3. The molecule has 0 aliphatic carbocycles. The van der Waals surface area contributed by atoms with Gasteiger partial charge >= 0.3 is 0 Å². The molecule has 10 nitrogen and oxygen atoms in total. The van der Waals surface area contributed by atoms with Gasteiger partial charge in [-0.2, -0.15) is 4.99 Å². The van der Waals surface area contributed by atoms with E-state index in [2.05, 4.69) is 29.9 Å². The molecule has 0 saturated carbocycles. The average Bonchev–Trinajstić information content (AvgIpc) is 3.76. The van der Waals surface area contributed by atoms with E-state index in [0.717, 1.165) is 0 Å². The topological polar surface area (TPSA) is 166 Å². The Morgan fingerprint density at radius 1 is 0.732 bits per heavy atom. The van der Waals surface area contributed by atoms with Crippen LogP contribution in [0.3, 0.4) is 0 Å². The van der Waals surface area contributed by atoms with Gasteiger partial charge in [-0.15, -0.1) is 0 Å². The molecule has 206 valence electrons. The molecule has 3 aromatic carbocycles. The van der Waals surface area contributed by atoms with Gasteiger partial charge in [0, 0.05) is 45.9 Å². The summed E-state index contributed by atoms with van der Waals surface area (Å²) in [6.07, 6.45) is 5.18. The summed E-state index contributed by atoms with van der Waals surface area (Å²) in [6.45, 7) is 6.82. The van der Waals surface area contributed by atoms with Crippen molar-refractivity contribution in [2.75, 3.05) is 0 Å². The molecule has 8 N–H and O–H groups in total. The molecule has 0 aliphatic rings. The van der Waals surface area contributed by atoms with Crippen molar-refractivity contribution >= 4 is 56.5 Å². The van der Waals surface area contributed by atoms with Gasteiger partial charge in [0.05, 0.1) is 23.1 Å². The molecule has 0 radical (unpaired) electrons. The first-order chi connectivity index (χ1) is 19.8. The van der Waals surface area contributed by atoms with Gasteiger partial charge in [-0.25, -0.2) is 18.0 Å². The van der Waals surface area contributed by atoms with Gasteiger partial charge in [-0.3, -0.25) is 4.79 Å². The zero-order valence-corrected chi connectivity index (χ0v) is 21.0. The van der Waals surface area contributed by atoms with Gasteiger partial charge < -0.3 is 31.6 Å². The second-order valence-electron chi connectivity index (χ2n) is 8.27. The second-order valence-corrected chi connectivity index (χ2v) is 8.27. The zero-order chi connectivity index (χ0) is 29.5. The number of halogens is 3. The molecule has 0 bridgehead atoms. The monoisotopic (exact) mass is 558 g/mol. The van der Waals surface area contributed by atoms with Gasteiger partial charge in [0.2, 0.25) is 12.1 Å². The molecule has 0 unspecified atom stereocenters. The van der Waals surface area contributed by atoms with E-state index >= 15 is 0 Å². The lowest BCUT2D eigenvalue weighted by Gasteiger charge is -2.01. The number of fused-ring (bicyclic) bond motifs is 3. The Morgan fingerprint density at radius 3 is 1.63 bits per heavy atom. The standard InChI is InChI=1S/C10H8FN3O.C9H8FN3O.C9H5FN2/c11-8-2-1-7(10(12)14-5-15)9-6(8)3-4-13-9;10-7-2-1-6(9(11)13-14)8-5(7)3-4-12-8;1-11-8-3-2-7(10)6-4-5-12-9(6)8/h1-5,13H,(H2,12,14,15);1-4,12,14H,(H2,11,13);2-5,12H. The van der Waals surface area contributed by atoms with Crippen molar-refractivity contribution in [2.24, 2.45) is 21.6 Å². The first kappa shape index (κ1) is 28.0. The minimum Gasteiger partial charge on any atom is -0.409 e. The summed E-state index contributed by atoms with van der Waals surface area (Å²) in [6, 6.07) is 13.1. The van der Waals surface area contributed by atoms with Crippen LogP contribution in [-0.2, 0) is 4.79 Å². The summed E-state index contributed by atoms with van der Waals surface area (Å²) in [5.74, 6) is -0.946. The number of oxime groups is 1. The van der Waals surface area contributed by atoms with Crippen molar-refractivity contribution in [1.82, 2.24) is 15.0 Å². The number of benzene rings is 3. The maximum atomic E-state index is 13.3. The van der Waals surface area contributed by atoms with E-state index in [0.29, 0.717) is 55.9 Å². The molecule has 6 rings (SSSR count). The van der Waals surface area contributed by atoms with Crippen LogP contribution in [0.2, 0.25) is 0 Å². The van der Waals surface area contributed by atoms with Crippen molar-refractivity contribution in [3.63, 3.8) is 0 Å². The van der Waals surface area contributed by atoms with E-state index in [1.165, 1.54) is 36.4 Å². The van der Waals surface area contributed by atoms with Crippen molar-refractivity contribution in [3.05, 3.63) is 113 Å². The number of amides is 1. The van der Waals surface area contributed by atoms with Crippen LogP contribution in [0.15, 0.2) is 83.3 Å². The number of amidine groups is 2. The van der Waals surface area contributed by atoms with E-state index < -0.39 is 0 Å². The summed E-state index contributed by atoms with van der Waals surface area (Å²) in [5.41, 5.74) is 14.1. The van der Waals surface area contributed by atoms with Crippen LogP contribution in [0, 0.1) is 24.0 Å². The van der Waals surface area contributed by atoms with E-state index in [-0.39, 0.29) is 29.1 Å². The summed E-state index contributed by atoms with van der Waals surface area (Å²) < 4.78 is 39.5. The van der Waals surface area contributed by atoms with Crippen LogP contribution in [-0.4, -0.2) is 38.2 Å². The lowest BCUT2D eigenvalue weighted by atomic mass is 10.1. The quantitative estimate of drug-likeness (QED) is 0.0426. The largest absolute Gasteiger partial charge is 0.409 e. The fraction of sp³-hybridized carbons (Fsp3) is 0. The zero-order valence-electron chi connectivity index (χ0n) is 21.0. The van der Waals surface area contributed by atoms with Gasteiger partial charge in [0.15, 0.2) is 5.84 Å². The van der Waals surface area contributed by atoms with Gasteiger partial charge in [-0.1, -0.05) is 11.2 Å². The summed E-state index contributed by atoms with van der Waals surface area (Å²) in [4.78, 5) is 25.4. The fourth-order valence-corrected chi connectivity index (χ4v) is 4.05. The van der Waals surface area contributed by atoms with E-state index in [1.54, 1.807) is 36.8 Å². The predicted octanol–water partition coefficient (Wildman–Crippen LogP) is 5.43. The number of aliphatic imine (C=N–C) groups is 1. The van der Waals surface area contributed by atoms with Crippen LogP contribution < -0.4 is 11.5 Å². The van der Waals surface area contributed by atoms with Crippen LogP contribution in [0.1, 0.15) is 11.1 Å². The molecule has 0 atom stereocenters. The highest BCUT2D eigenvalue weighted by atomic mass is 19.1. The van der Waals surface area contributed by atoms with E-state index in [9.17, 15) is 18.0 Å². The normalized spacial score (nSPS) is 11.5. The molecule has 3 aromatic heterocycles. The highest BCUT2D eigenvalue weighted by Crippen LogP contribution is 2.26. The van der Waals surface area contributed by atoms with Crippen molar-refractivity contribution in [1.29, 1.82) is 0 Å². The Morgan fingerprint density at radius 2 is 1.17 bits per heavy atom. The lowest BCUT2D eigenvalue weighted by molar-refractivity contribution is -0.106. The lowest BCUT2D eigenvalue weighted by Crippen LogP contribution is -2.14. The number of aromatic amines is 3. The molecule has 0 fully saturated rings. The molecular weight excluding hydrogens is 537 g/mol. The Labute approximate surface area is 229 Å². The third-order valence-corrected chi connectivity index (χ3v) is 5.96. The number of carbonyl (C=O) groups is 1. The molecule has 41 heavy (non-hydrogen) atoms. The predicted molar refractivity (Wildman–Crippen MR) is 150 cm³/mol. The molecule has 0 spiro atoms. The number of hydrogen-bond donors (Lipinski definition) is 6. The summed E-state index contributed by atoms with van der Waals surface area (Å²) >= 11 is 0. The van der Waals surface area contributed by atoms with Crippen LogP contribution in [0.25, 0.3) is 37.6 Å². The maximum Gasteiger partial charge on any atom is 0.234 e. The average molecular weight is 559 g/mol. The Hall–Kier alpha value is -6.03. The fourth-order valence-electron chi connectivity index (χ4n) is 4.05. The van der Waals surface area contributed by atoms with Gasteiger partial charge in [0.25, 0.3) is 0 Å². The van der Waals surface area contributed by atoms with Gasteiger partial charge in [0.1, 0.15) is 23.3 Å². The Balaban J connectivity index is 0.000000142. The number of aromatic nitrogens is 3. The molecule has 0 saturated heterocycles. The third kappa shape index (κ3) is 5.71. The summed E-state index contributed by atoms with van der Waals surface area (Å²) in [7, 11) is 0. The summed E-state index contributed by atoms with van der Waals surface area (Å²) in [5, 5.41) is 12.7. The van der Waals surface area contributed by atoms with Gasteiger partial charge in [-0.05, 0) is 48.5 Å². The van der Waals surface area contributed by atoms with Crippen LogP contribution in [0.5, 0.6) is 0 Å². The number of nitrogens with one attached hydrogen (secondary N) is 3. The van der Waals surface area contributed by atoms with E-state index in [4.69, 9.17) is 23.2 Å². The second kappa shape index (κ2) is 12.2. The SMILES string of the molecule is N/C(=N\O)c1ccc(F)c2cc[nH]c12.NC(=NC=O)c1ccc(F)c2cc[nH]c12.[C-]#[N+]c1ccc(F)c2cc[nH]c12. The minimum atomic E-state index is -0.339. The number of rotatable bonds is 3. The molecule has 0 aliphatic heterocycles. The Bertz CT molecular complexity index is 1960. The third-order valence-electron chi connectivity index (χ3n) is 5.96. The number of nitrogens with zero attached hydrogens (tertiary/aromatic N) is 3. The van der Waals surface area contributed by atoms with Crippen LogP contribution in [0.4, 0.5) is 18.9 Å². The van der Waals surface area contributed by atoms with Crippen molar-refractivity contribution < 1.29 is 23.2 Å². The molecule has 6 aromatic rings. The Kier molecular flexibility index (Phi) is 8.34. The molecule has 3 heterocycles. The minimum absolute atomic E-state index is 0.0440. The molecule has 1 amide bonds. The van der Waals surface area contributed by atoms with Crippen molar-refractivity contribution in [2.45, 2.75) is 0 Å². The molecular formula is C28H21F3N8O2. The van der Waals surface area contributed by atoms with E-state index in [1.807, 2.05) is 0 Å². The highest BCUT2D eigenvalue weighted by molar-refractivity contribution is 6.10.